The highest BCUT2D eigenvalue weighted by molar-refractivity contribution is 7.13. The summed E-state index contributed by atoms with van der Waals surface area (Å²) in [5, 5.41) is 14.7. The number of amides is 1. The lowest BCUT2D eigenvalue weighted by atomic mass is 10.2. The van der Waals surface area contributed by atoms with E-state index in [0.29, 0.717) is 17.0 Å². The Balaban J connectivity index is 1.85. The zero-order valence-corrected chi connectivity index (χ0v) is 13.5. The number of hydrogen-bond donors (Lipinski definition) is 2. The van der Waals surface area contributed by atoms with E-state index in [1.807, 2.05) is 29.6 Å². The minimum atomic E-state index is 0.0791. The second-order valence-corrected chi connectivity index (χ2v) is 6.41. The van der Waals surface area contributed by atoms with Crippen LogP contribution in [0.15, 0.2) is 35.3 Å². The number of allylic oxidation sites excluding steroid dienone is 2. The van der Waals surface area contributed by atoms with Crippen molar-refractivity contribution >= 4 is 28.5 Å². The van der Waals surface area contributed by atoms with Crippen LogP contribution in [0.5, 0.6) is 0 Å². The summed E-state index contributed by atoms with van der Waals surface area (Å²) in [6, 6.07) is 9.66. The van der Waals surface area contributed by atoms with Crippen molar-refractivity contribution in [2.24, 2.45) is 11.7 Å². The van der Waals surface area contributed by atoms with E-state index in [-0.39, 0.29) is 11.8 Å². The molecule has 23 heavy (non-hydrogen) atoms. The number of carbonyl (C=O) groups is 1. The maximum Gasteiger partial charge on any atom is 0.227 e. The molecule has 1 aliphatic rings. The lowest BCUT2D eigenvalue weighted by Gasteiger charge is -2.05. The standard InChI is InChI=1S/C17H16N4OS/c1-10(19)14(8-18)15-9-23-17(21-15)12-3-2-4-13(7-12)20-16(22)11-5-6-11/h2-4,7,9,11H,5-6,19H2,1H3,(H,20,22). The molecule has 1 heterocycles. The minimum absolute atomic E-state index is 0.0791. The van der Waals surface area contributed by atoms with E-state index in [1.54, 1.807) is 6.92 Å². The van der Waals surface area contributed by atoms with Crippen molar-refractivity contribution < 1.29 is 4.79 Å². The summed E-state index contributed by atoms with van der Waals surface area (Å²) in [5.41, 5.74) is 8.82. The summed E-state index contributed by atoms with van der Waals surface area (Å²) in [6.07, 6.45) is 1.95. The molecule has 0 radical (unpaired) electrons. The van der Waals surface area contributed by atoms with Crippen molar-refractivity contribution in [3.05, 3.63) is 41.0 Å². The molecule has 116 valence electrons. The zero-order chi connectivity index (χ0) is 16.4. The third-order valence-electron chi connectivity index (χ3n) is 3.59. The number of benzene rings is 1. The zero-order valence-electron chi connectivity index (χ0n) is 12.7. The van der Waals surface area contributed by atoms with Gasteiger partial charge in [0.1, 0.15) is 11.1 Å². The van der Waals surface area contributed by atoms with E-state index in [0.717, 1.165) is 29.1 Å². The van der Waals surface area contributed by atoms with Gasteiger partial charge in [0.2, 0.25) is 5.91 Å². The number of hydrogen-bond acceptors (Lipinski definition) is 5. The van der Waals surface area contributed by atoms with Crippen LogP contribution in [-0.4, -0.2) is 10.9 Å². The molecule has 0 spiro atoms. The Bertz CT molecular complexity index is 823. The van der Waals surface area contributed by atoms with Crippen LogP contribution < -0.4 is 11.1 Å². The molecular weight excluding hydrogens is 308 g/mol. The Morgan fingerprint density at radius 2 is 2.26 bits per heavy atom. The first-order chi connectivity index (χ1) is 11.1. The van der Waals surface area contributed by atoms with Crippen LogP contribution in [0.3, 0.4) is 0 Å². The van der Waals surface area contributed by atoms with Crippen molar-refractivity contribution in [3.8, 4) is 16.6 Å². The van der Waals surface area contributed by atoms with Crippen molar-refractivity contribution in [3.63, 3.8) is 0 Å². The third kappa shape index (κ3) is 3.41. The monoisotopic (exact) mass is 324 g/mol. The minimum Gasteiger partial charge on any atom is -0.401 e. The molecule has 0 aliphatic heterocycles. The number of anilines is 1. The molecule has 1 aromatic carbocycles. The Morgan fingerprint density at radius 1 is 1.48 bits per heavy atom. The van der Waals surface area contributed by atoms with Gasteiger partial charge < -0.3 is 11.1 Å². The number of aromatic nitrogens is 1. The summed E-state index contributed by atoms with van der Waals surface area (Å²) < 4.78 is 0. The molecule has 6 heteroatoms. The molecule has 5 nitrogen and oxygen atoms in total. The number of nitrogens with zero attached hydrogens (tertiary/aromatic N) is 2. The van der Waals surface area contributed by atoms with E-state index in [4.69, 9.17) is 11.0 Å². The van der Waals surface area contributed by atoms with Crippen LogP contribution in [0, 0.1) is 17.2 Å². The van der Waals surface area contributed by atoms with Gasteiger partial charge in [0, 0.05) is 28.2 Å². The van der Waals surface area contributed by atoms with E-state index in [9.17, 15) is 4.79 Å². The van der Waals surface area contributed by atoms with Crippen LogP contribution in [0.1, 0.15) is 25.5 Å². The fraction of sp³-hybridized carbons (Fsp3) is 0.235. The van der Waals surface area contributed by atoms with Gasteiger partial charge in [0.25, 0.3) is 0 Å². The lowest BCUT2D eigenvalue weighted by molar-refractivity contribution is -0.117. The average Bonchev–Trinajstić information content (AvgIpc) is 3.27. The van der Waals surface area contributed by atoms with Gasteiger partial charge in [-0.05, 0) is 31.9 Å². The van der Waals surface area contributed by atoms with Gasteiger partial charge in [-0.3, -0.25) is 4.79 Å². The van der Waals surface area contributed by atoms with Crippen molar-refractivity contribution in [2.75, 3.05) is 5.32 Å². The fourth-order valence-electron chi connectivity index (χ4n) is 2.19. The normalized spacial score (nSPS) is 14.8. The molecule has 0 unspecified atom stereocenters. The number of thiazole rings is 1. The third-order valence-corrected chi connectivity index (χ3v) is 4.48. The molecule has 1 aliphatic carbocycles. The van der Waals surface area contributed by atoms with Crippen molar-refractivity contribution in [1.82, 2.24) is 4.98 Å². The number of nitrogens with one attached hydrogen (secondary N) is 1. The Labute approximate surface area is 138 Å². The smallest absolute Gasteiger partial charge is 0.227 e. The molecule has 0 saturated heterocycles. The van der Waals surface area contributed by atoms with Gasteiger partial charge in [0.15, 0.2) is 0 Å². The van der Waals surface area contributed by atoms with Crippen LogP contribution in [-0.2, 0) is 4.79 Å². The van der Waals surface area contributed by atoms with Gasteiger partial charge in [-0.1, -0.05) is 12.1 Å². The molecule has 3 N–H and O–H groups in total. The lowest BCUT2D eigenvalue weighted by Crippen LogP contribution is -2.13. The second kappa shape index (κ2) is 6.23. The molecule has 0 atom stereocenters. The Hall–Kier alpha value is -2.65. The van der Waals surface area contributed by atoms with E-state index in [2.05, 4.69) is 16.4 Å². The summed E-state index contributed by atoms with van der Waals surface area (Å²) in [7, 11) is 0. The fourth-order valence-corrected chi connectivity index (χ4v) is 3.00. The van der Waals surface area contributed by atoms with Crippen LogP contribution in [0.2, 0.25) is 0 Å². The van der Waals surface area contributed by atoms with E-state index >= 15 is 0 Å². The van der Waals surface area contributed by atoms with Crippen LogP contribution in [0.4, 0.5) is 5.69 Å². The topological polar surface area (TPSA) is 91.8 Å². The van der Waals surface area contributed by atoms with Crippen LogP contribution >= 0.6 is 11.3 Å². The molecule has 1 fully saturated rings. The molecule has 2 aromatic rings. The van der Waals surface area contributed by atoms with Gasteiger partial charge >= 0.3 is 0 Å². The SMILES string of the molecule is CC(N)=C(C#N)c1csc(-c2cccc(NC(=O)C3CC3)c2)n1. The number of nitrogens with two attached hydrogens (primary N) is 1. The first kappa shape index (κ1) is 15.3. The quantitative estimate of drug-likeness (QED) is 0.843. The first-order valence-corrected chi connectivity index (χ1v) is 8.20. The number of carbonyl (C=O) groups excluding carboxylic acids is 1. The maximum atomic E-state index is 11.8. The largest absolute Gasteiger partial charge is 0.401 e. The van der Waals surface area contributed by atoms with Gasteiger partial charge in [-0.25, -0.2) is 4.98 Å². The predicted octanol–water partition coefficient (Wildman–Crippen LogP) is 3.37. The van der Waals surface area contributed by atoms with E-state index < -0.39 is 0 Å². The molecular formula is C17H16N4OS. The number of nitriles is 1. The van der Waals surface area contributed by atoms with E-state index in [1.165, 1.54) is 11.3 Å². The highest BCUT2D eigenvalue weighted by Crippen LogP contribution is 2.32. The first-order valence-electron chi connectivity index (χ1n) is 7.32. The summed E-state index contributed by atoms with van der Waals surface area (Å²) in [6.45, 7) is 1.69. The van der Waals surface area contributed by atoms with Crippen LogP contribution in [0.25, 0.3) is 16.1 Å². The Morgan fingerprint density at radius 3 is 2.91 bits per heavy atom. The van der Waals surface area contributed by atoms with Gasteiger partial charge in [-0.2, -0.15) is 5.26 Å². The highest BCUT2D eigenvalue weighted by atomic mass is 32.1. The van der Waals surface area contributed by atoms with Crippen molar-refractivity contribution in [1.29, 1.82) is 5.26 Å². The molecule has 3 rings (SSSR count). The van der Waals surface area contributed by atoms with Gasteiger partial charge in [0.05, 0.1) is 11.3 Å². The van der Waals surface area contributed by atoms with Crippen molar-refractivity contribution in [2.45, 2.75) is 19.8 Å². The summed E-state index contributed by atoms with van der Waals surface area (Å²) >= 11 is 1.45. The molecule has 1 amide bonds. The second-order valence-electron chi connectivity index (χ2n) is 5.55. The number of rotatable bonds is 4. The predicted molar refractivity (Wildman–Crippen MR) is 91.3 cm³/mol. The molecule has 1 saturated carbocycles. The summed E-state index contributed by atoms with van der Waals surface area (Å²) in [4.78, 5) is 16.3. The maximum absolute atomic E-state index is 11.8. The highest BCUT2D eigenvalue weighted by Gasteiger charge is 2.29. The molecule has 1 aromatic heterocycles. The molecule has 0 bridgehead atoms. The van der Waals surface area contributed by atoms with Gasteiger partial charge in [-0.15, -0.1) is 11.3 Å². The Kier molecular flexibility index (Phi) is 4.13. The summed E-state index contributed by atoms with van der Waals surface area (Å²) in [5.74, 6) is 0.247. The average molecular weight is 324 g/mol.